The van der Waals surface area contributed by atoms with Crippen molar-refractivity contribution in [2.45, 2.75) is 168 Å². The van der Waals surface area contributed by atoms with Gasteiger partial charge in [-0.1, -0.05) is 103 Å². The van der Waals surface area contributed by atoms with E-state index in [1.807, 2.05) is 211 Å². The predicted molar refractivity (Wildman–Crippen MR) is 509 cm³/mol. The molecule has 2 aliphatic carbocycles. The van der Waals surface area contributed by atoms with Crippen molar-refractivity contribution in [3.63, 3.8) is 0 Å². The molecule has 3 aliphatic heterocycles. The highest BCUT2D eigenvalue weighted by atomic mass is 79.9. The lowest BCUT2D eigenvalue weighted by Crippen LogP contribution is -2.42. The van der Waals surface area contributed by atoms with E-state index in [4.69, 9.17) is 56.0 Å². The number of likely N-dealkylation sites (tertiary alicyclic amines) is 3. The largest absolute Gasteiger partial charge is 0.478 e. The van der Waals surface area contributed by atoms with Crippen LogP contribution in [0.2, 0.25) is 6.82 Å². The van der Waals surface area contributed by atoms with Crippen LogP contribution in [0.25, 0.3) is 66.5 Å². The first-order valence-corrected chi connectivity index (χ1v) is 44.7. The molecule has 9 heterocycles. The number of rotatable bonds is 20. The Hall–Kier alpha value is -12.7. The van der Waals surface area contributed by atoms with Crippen LogP contribution in [0.4, 0.5) is 27.0 Å². The first kappa shape index (κ1) is 94.0. The number of fused-ring (bicyclic) bond motifs is 3. The Balaban J connectivity index is 0.000000152. The van der Waals surface area contributed by atoms with Gasteiger partial charge in [0.05, 0.1) is 20.8 Å². The number of carbonyl (C=O) groups excluding carboxylic acids is 3. The molecule has 2 saturated carbocycles. The molecule has 0 atom stereocenters. The van der Waals surface area contributed by atoms with E-state index < -0.39 is 24.3 Å². The van der Waals surface area contributed by atoms with Crippen LogP contribution in [0.3, 0.4) is 0 Å². The number of nitrogens with zero attached hydrogens (tertiary/aromatic N) is 14. The Morgan fingerprint density at radius 2 is 0.721 bits per heavy atom. The van der Waals surface area contributed by atoms with E-state index in [0.717, 1.165) is 169 Å². The summed E-state index contributed by atoms with van der Waals surface area (Å²) in [5, 5.41) is 26.0. The Morgan fingerprint density at radius 3 is 1.04 bits per heavy atom. The number of halogens is 1. The summed E-state index contributed by atoms with van der Waals surface area (Å²) in [6.45, 7) is 22.3. The Labute approximate surface area is 761 Å². The van der Waals surface area contributed by atoms with E-state index in [-0.39, 0.29) is 36.2 Å². The highest BCUT2D eigenvalue weighted by molar-refractivity contribution is 9.10. The monoisotopic (exact) mass is 1810 g/mol. The van der Waals surface area contributed by atoms with Crippen molar-refractivity contribution < 1.29 is 58.0 Å². The molecule has 29 nitrogen and oxygen atoms in total. The third-order valence-electron chi connectivity index (χ3n) is 23.0. The average Bonchev–Trinajstić information content (AvgIpc) is 1.60. The number of benzene rings is 6. The summed E-state index contributed by atoms with van der Waals surface area (Å²) in [5.74, 6) is 5.23. The number of carboxylic acids is 1. The quantitative estimate of drug-likeness (QED) is 0.0305. The molecular weight excluding hydrogens is 1700 g/mol. The summed E-state index contributed by atoms with van der Waals surface area (Å²) < 4.78 is 36.7. The molecular formula is C98H117BBrN17O12. The normalized spacial score (nSPS) is 15.2. The summed E-state index contributed by atoms with van der Waals surface area (Å²) >= 11 is 3.86. The number of hydrogen-bond donors (Lipinski definition) is 6. The molecule has 31 heteroatoms. The Morgan fingerprint density at radius 1 is 0.434 bits per heavy atom. The van der Waals surface area contributed by atoms with Gasteiger partial charge < -0.3 is 84.4 Å². The van der Waals surface area contributed by atoms with Gasteiger partial charge in [-0.3, -0.25) is 14.6 Å². The van der Waals surface area contributed by atoms with Crippen LogP contribution in [0.5, 0.6) is 34.5 Å². The van der Waals surface area contributed by atoms with Crippen molar-refractivity contribution in [3.8, 4) is 67.9 Å². The fourth-order valence-electron chi connectivity index (χ4n) is 16.5. The molecule has 17 rings (SSSR count). The van der Waals surface area contributed by atoms with Crippen LogP contribution in [0, 0.1) is 13.8 Å². The van der Waals surface area contributed by atoms with Gasteiger partial charge in [0.2, 0.25) is 5.91 Å². The van der Waals surface area contributed by atoms with Gasteiger partial charge in [-0.15, -0.1) is 0 Å². The van der Waals surface area contributed by atoms with Crippen LogP contribution >= 0.6 is 15.9 Å². The molecule has 12 aromatic rings. The third kappa shape index (κ3) is 24.6. The molecule has 6 aromatic heterocycles. The van der Waals surface area contributed by atoms with Crippen LogP contribution in [0.1, 0.15) is 135 Å². The number of nitrogens with two attached hydrogens (primary N) is 3. The van der Waals surface area contributed by atoms with Crippen LogP contribution in [0.15, 0.2) is 212 Å². The zero-order valence-corrected chi connectivity index (χ0v) is 76.8. The number of hydrogen-bond acceptors (Lipinski definition) is 22. The minimum atomic E-state index is -1.17. The average molecular weight is 1820 g/mol. The van der Waals surface area contributed by atoms with Crippen molar-refractivity contribution in [1.29, 1.82) is 0 Å². The number of aromatic nitrogens is 9. The molecule has 676 valence electrons. The second-order valence-electron chi connectivity index (χ2n) is 35.0. The molecule has 9 N–H and O–H groups in total. The van der Waals surface area contributed by atoms with Gasteiger partial charge >= 0.3 is 25.3 Å². The maximum Gasteiger partial charge on any atom is 0.448 e. The van der Waals surface area contributed by atoms with Crippen molar-refractivity contribution in [1.82, 2.24) is 68.1 Å². The van der Waals surface area contributed by atoms with Gasteiger partial charge in [-0.05, 0) is 246 Å². The molecule has 3 saturated heterocycles. The van der Waals surface area contributed by atoms with Gasteiger partial charge in [0, 0.05) is 123 Å². The molecule has 129 heavy (non-hydrogen) atoms. The summed E-state index contributed by atoms with van der Waals surface area (Å²) in [5.41, 5.74) is 28.9. The van der Waals surface area contributed by atoms with Gasteiger partial charge in [-0.2, -0.15) is 0 Å². The highest BCUT2D eigenvalue weighted by Gasteiger charge is 2.36. The fraction of sp³-hybridized carbons (Fsp3) is 0.367. The molecule has 5 aliphatic rings. The number of piperidine rings is 3. The lowest BCUT2D eigenvalue weighted by Gasteiger charge is -2.34. The lowest BCUT2D eigenvalue weighted by atomic mass is 9.99. The molecule has 0 unspecified atom stereocenters. The summed E-state index contributed by atoms with van der Waals surface area (Å²) in [6, 6.07) is 55.1. The SMILES string of the molecule is CB(O)O.CC(C)(C)OC(=O)N1CCC(n2c(Br)c(-c3ccc(Oc4ccccc4)cc3)c3c(N)ncnc32)CC1.CN(C/C=C/C(=O)O)C1CC1.Cc1c(-c2ccc(Oc3ccccc3)cc2)c2c(N)ncnc2n1C1CCN(C(=O)/C=C/CN(C)C2CC2)CC1.Cc1c(-c2ccc(Oc3ccccc3)cc2)c2c(N)ncnc2n1C1CCN(C(=O)OC(C)(C)C)CC1. The minimum absolute atomic E-state index is 0.0989. The highest BCUT2D eigenvalue weighted by Crippen LogP contribution is 2.47. The first-order chi connectivity index (χ1) is 61.8. The fourth-order valence-corrected chi connectivity index (χ4v) is 17.4. The second kappa shape index (κ2) is 42.5. The standard InChI is InChI=1S/C32H36N6O2.C29H33N5O3.C28H30BrN5O3.C8H13NO2.CH5BO2/c1-22-29(23-10-14-27(15-11-23)40-26-7-4-3-5-8-26)30-31(33)34-21-35-32(30)38(22)25-16-19-37(20-17-25)28(39)9-6-18-36(2)24-12-13-24;1-19-24(20-10-12-23(13-11-20)36-22-8-6-5-7-9-22)25-26(30)31-18-32-27(25)34(19)21-14-16-33(17-15-21)28(35)37-29(2,3)4;1-28(2,3)37-27(35)33-15-13-19(14-16-33)34-24(29)22(23-25(30)31-17-32-26(23)34)18-9-11-21(12-10-18)36-20-7-5-4-6-8-20;1-9(7-4-5-7)6-2-3-8(10)11;1-2(3)4/h3-11,14-15,21,24-25H,12-13,16-20H2,1-2H3,(H2,33,34,35);5-13,18,21H,14-17H2,1-4H3,(H2,30,31,32);4-12,17,19H,13-16H2,1-3H3,(H2,30,31,32);2-3,7H,4-6H2,1H3,(H,10,11);3-4H,1H3/b9-6+;;;3-2+;. The molecule has 0 bridgehead atoms. The van der Waals surface area contributed by atoms with Gasteiger partial charge in [0.25, 0.3) is 0 Å². The number of aliphatic carboxylic acids is 1. The Bertz CT molecular complexity index is 5640. The molecule has 0 spiro atoms. The predicted octanol–water partition coefficient (Wildman–Crippen LogP) is 18.6. The second-order valence-corrected chi connectivity index (χ2v) is 35.7. The summed E-state index contributed by atoms with van der Waals surface area (Å²) in [6.07, 6.45) is 20.6. The first-order valence-electron chi connectivity index (χ1n) is 43.9. The number of amides is 3. The number of nitrogen functional groups attached to an aromatic ring is 3. The molecule has 0 radical (unpaired) electrons. The summed E-state index contributed by atoms with van der Waals surface area (Å²) in [4.78, 5) is 84.8. The van der Waals surface area contributed by atoms with E-state index in [1.165, 1.54) is 57.6 Å². The van der Waals surface area contributed by atoms with E-state index in [0.29, 0.717) is 68.8 Å². The van der Waals surface area contributed by atoms with Gasteiger partial charge in [-0.25, -0.2) is 44.3 Å². The van der Waals surface area contributed by atoms with Crippen molar-refractivity contribution in [2.24, 2.45) is 0 Å². The number of ether oxygens (including phenoxy) is 5. The van der Waals surface area contributed by atoms with Crippen molar-refractivity contribution >= 4 is 97.7 Å². The molecule has 5 fully saturated rings. The van der Waals surface area contributed by atoms with Gasteiger partial charge in [0.15, 0.2) is 0 Å². The number of carboxylic acid groups (broad SMARTS) is 1. The molecule has 6 aromatic carbocycles. The van der Waals surface area contributed by atoms with Gasteiger partial charge in [0.1, 0.15) is 99.1 Å². The van der Waals surface area contributed by atoms with Crippen LogP contribution in [-0.4, -0.2) is 204 Å². The zero-order chi connectivity index (χ0) is 91.8. The summed E-state index contributed by atoms with van der Waals surface area (Å²) in [7, 11) is 2.98. The molecule has 3 amide bonds. The number of likely N-dealkylation sites (N-methyl/N-ethyl adjacent to an activating group) is 2. The van der Waals surface area contributed by atoms with Crippen LogP contribution in [-0.2, 0) is 19.1 Å². The maximum absolute atomic E-state index is 12.8. The zero-order valence-electron chi connectivity index (χ0n) is 75.2. The minimum Gasteiger partial charge on any atom is -0.478 e. The maximum atomic E-state index is 12.8. The van der Waals surface area contributed by atoms with Crippen LogP contribution < -0.4 is 31.4 Å². The van der Waals surface area contributed by atoms with E-state index >= 15 is 0 Å². The number of anilines is 3. The third-order valence-corrected chi connectivity index (χ3v) is 23.8. The Kier molecular flexibility index (Phi) is 31.0. The lowest BCUT2D eigenvalue weighted by molar-refractivity contribution is -0.131. The van der Waals surface area contributed by atoms with Crippen molar-refractivity contribution in [3.05, 3.63) is 223 Å². The van der Waals surface area contributed by atoms with Crippen molar-refractivity contribution in [2.75, 3.05) is 83.7 Å². The van der Waals surface area contributed by atoms with E-state index in [1.54, 1.807) is 22.0 Å². The number of carbonyl (C=O) groups is 4. The smallest absolute Gasteiger partial charge is 0.448 e. The number of para-hydroxylation sites is 3. The van der Waals surface area contributed by atoms with E-state index in [2.05, 4.69) is 102 Å². The van der Waals surface area contributed by atoms with E-state index in [9.17, 15) is 19.2 Å². The topological polar surface area (TPSA) is 362 Å².